The van der Waals surface area contributed by atoms with Crippen molar-refractivity contribution in [1.29, 1.82) is 0 Å². The number of furan rings is 1. The van der Waals surface area contributed by atoms with E-state index in [0.29, 0.717) is 0 Å². The Kier molecular flexibility index (Phi) is 7.17. The minimum Gasteiger partial charge on any atom is -0.455 e. The van der Waals surface area contributed by atoms with E-state index in [1.54, 1.807) is 0 Å². The molecular formula is C52H34N2O. The first-order chi connectivity index (χ1) is 27.3. The number of para-hydroxylation sites is 2. The molecule has 0 atom stereocenters. The summed E-state index contributed by atoms with van der Waals surface area (Å²) in [6, 6.07) is 74.0. The number of nitrogens with zero attached hydrogens (tertiary/aromatic N) is 2. The minimum atomic E-state index is 0.903. The molecule has 3 heteroatoms. The zero-order valence-corrected chi connectivity index (χ0v) is 29.9. The zero-order chi connectivity index (χ0) is 36.3. The molecule has 11 rings (SSSR count). The molecule has 0 aliphatic heterocycles. The summed E-state index contributed by atoms with van der Waals surface area (Å²) in [7, 11) is 0. The van der Waals surface area contributed by atoms with Gasteiger partial charge in [-0.15, -0.1) is 0 Å². The van der Waals surface area contributed by atoms with Gasteiger partial charge in [0, 0.05) is 49.7 Å². The van der Waals surface area contributed by atoms with Gasteiger partial charge < -0.3 is 13.9 Å². The lowest BCUT2D eigenvalue weighted by Crippen LogP contribution is -2.10. The third-order valence-electron chi connectivity index (χ3n) is 11.0. The minimum absolute atomic E-state index is 0.903. The van der Waals surface area contributed by atoms with Crippen LogP contribution in [0, 0.1) is 0 Å². The van der Waals surface area contributed by atoms with Gasteiger partial charge in [-0.1, -0.05) is 133 Å². The number of anilines is 3. The van der Waals surface area contributed by atoms with Gasteiger partial charge in [-0.25, -0.2) is 0 Å². The molecule has 258 valence electrons. The Morgan fingerprint density at radius 1 is 0.345 bits per heavy atom. The highest BCUT2D eigenvalue weighted by atomic mass is 16.3. The standard InChI is InChI=1S/C52H34N2O/c1-3-11-35(12-4-1)36-19-25-41(26-20-36)53(43-29-31-46-45-17-9-10-18-49(45)54(50(46)34-43)40-14-5-2-6-15-40)42-27-21-37(22-28-42)39-24-32-51-48(33-39)47-30-23-38-13-7-8-16-44(38)52(47)55-51/h1-34H. The summed E-state index contributed by atoms with van der Waals surface area (Å²) in [6.45, 7) is 0. The van der Waals surface area contributed by atoms with Crippen molar-refractivity contribution in [3.8, 4) is 27.9 Å². The highest BCUT2D eigenvalue weighted by molar-refractivity contribution is 6.15. The van der Waals surface area contributed by atoms with Crippen molar-refractivity contribution in [3.63, 3.8) is 0 Å². The molecule has 0 aliphatic rings. The Hall–Kier alpha value is -7.36. The van der Waals surface area contributed by atoms with Crippen LogP contribution in [0.4, 0.5) is 17.1 Å². The molecule has 9 aromatic carbocycles. The molecule has 2 heterocycles. The van der Waals surface area contributed by atoms with E-state index in [1.165, 1.54) is 38.3 Å². The van der Waals surface area contributed by atoms with E-state index in [-0.39, 0.29) is 0 Å². The lowest BCUT2D eigenvalue weighted by Gasteiger charge is -2.26. The van der Waals surface area contributed by atoms with Crippen LogP contribution < -0.4 is 4.90 Å². The molecule has 3 nitrogen and oxygen atoms in total. The summed E-state index contributed by atoms with van der Waals surface area (Å²) < 4.78 is 8.80. The van der Waals surface area contributed by atoms with Gasteiger partial charge in [0.25, 0.3) is 0 Å². The molecule has 0 radical (unpaired) electrons. The average Bonchev–Trinajstić information content (AvgIpc) is 3.80. The van der Waals surface area contributed by atoms with Gasteiger partial charge >= 0.3 is 0 Å². The third-order valence-corrected chi connectivity index (χ3v) is 11.0. The number of hydrogen-bond donors (Lipinski definition) is 0. The van der Waals surface area contributed by atoms with Gasteiger partial charge in [0.2, 0.25) is 0 Å². The Morgan fingerprint density at radius 2 is 0.909 bits per heavy atom. The zero-order valence-electron chi connectivity index (χ0n) is 29.9. The summed E-state index contributed by atoms with van der Waals surface area (Å²) in [6.07, 6.45) is 0. The summed E-state index contributed by atoms with van der Waals surface area (Å²) in [5.74, 6) is 0. The fourth-order valence-electron chi connectivity index (χ4n) is 8.32. The molecule has 0 saturated heterocycles. The molecule has 0 unspecified atom stereocenters. The van der Waals surface area contributed by atoms with Crippen molar-refractivity contribution in [2.45, 2.75) is 0 Å². The number of hydrogen-bond acceptors (Lipinski definition) is 2. The average molecular weight is 703 g/mol. The second kappa shape index (κ2) is 12.6. The largest absolute Gasteiger partial charge is 0.455 e. The van der Waals surface area contributed by atoms with Gasteiger partial charge in [0.05, 0.1) is 11.0 Å². The van der Waals surface area contributed by atoms with Crippen molar-refractivity contribution in [2.24, 2.45) is 0 Å². The number of fused-ring (bicyclic) bond motifs is 8. The highest BCUT2D eigenvalue weighted by Gasteiger charge is 2.18. The van der Waals surface area contributed by atoms with Gasteiger partial charge in [-0.3, -0.25) is 0 Å². The van der Waals surface area contributed by atoms with E-state index in [2.05, 4.69) is 216 Å². The molecule has 0 saturated carbocycles. The summed E-state index contributed by atoms with van der Waals surface area (Å²) >= 11 is 0. The monoisotopic (exact) mass is 702 g/mol. The van der Waals surface area contributed by atoms with Gasteiger partial charge in [0.15, 0.2) is 0 Å². The molecule has 0 bridgehead atoms. The fourth-order valence-corrected chi connectivity index (χ4v) is 8.32. The SMILES string of the molecule is c1ccc(-c2ccc(N(c3ccc(-c4ccc5oc6c7ccccc7ccc6c5c4)cc3)c3ccc4c5ccccc5n(-c5ccccc5)c4c3)cc2)cc1. The molecular weight excluding hydrogens is 669 g/mol. The fraction of sp³-hybridized carbons (Fsp3) is 0. The Bertz CT molecular complexity index is 3180. The maximum Gasteiger partial charge on any atom is 0.143 e. The molecule has 0 amide bonds. The van der Waals surface area contributed by atoms with E-state index in [9.17, 15) is 0 Å². The first-order valence-electron chi connectivity index (χ1n) is 18.8. The lowest BCUT2D eigenvalue weighted by molar-refractivity contribution is 0.672. The number of aromatic nitrogens is 1. The predicted octanol–water partition coefficient (Wildman–Crippen LogP) is 14.6. The second-order valence-corrected chi connectivity index (χ2v) is 14.2. The smallest absolute Gasteiger partial charge is 0.143 e. The highest BCUT2D eigenvalue weighted by Crippen LogP contribution is 2.41. The molecule has 2 aromatic heterocycles. The maximum absolute atomic E-state index is 6.42. The predicted molar refractivity (Wildman–Crippen MR) is 231 cm³/mol. The van der Waals surface area contributed by atoms with Crippen molar-refractivity contribution >= 4 is 71.6 Å². The molecule has 0 spiro atoms. The summed E-state index contributed by atoms with van der Waals surface area (Å²) in [4.78, 5) is 2.36. The quantitative estimate of drug-likeness (QED) is 0.172. The van der Waals surface area contributed by atoms with Crippen LogP contribution in [0.15, 0.2) is 211 Å². The first-order valence-corrected chi connectivity index (χ1v) is 18.8. The van der Waals surface area contributed by atoms with Crippen LogP contribution in [0.1, 0.15) is 0 Å². The second-order valence-electron chi connectivity index (χ2n) is 14.2. The van der Waals surface area contributed by atoms with Gasteiger partial charge in [0.1, 0.15) is 11.2 Å². The van der Waals surface area contributed by atoms with Crippen LogP contribution in [0.5, 0.6) is 0 Å². The number of rotatable bonds is 6. The molecule has 11 aromatic rings. The van der Waals surface area contributed by atoms with Crippen LogP contribution >= 0.6 is 0 Å². The van der Waals surface area contributed by atoms with Crippen molar-refractivity contribution in [1.82, 2.24) is 4.57 Å². The normalized spacial score (nSPS) is 11.6. The number of benzene rings is 9. The van der Waals surface area contributed by atoms with E-state index in [4.69, 9.17) is 4.42 Å². The third kappa shape index (κ3) is 5.20. The van der Waals surface area contributed by atoms with Crippen LogP contribution in [0.3, 0.4) is 0 Å². The van der Waals surface area contributed by atoms with Crippen LogP contribution in [-0.4, -0.2) is 4.57 Å². The van der Waals surface area contributed by atoms with Gasteiger partial charge in [-0.2, -0.15) is 0 Å². The van der Waals surface area contributed by atoms with Crippen LogP contribution in [-0.2, 0) is 0 Å². The van der Waals surface area contributed by atoms with Gasteiger partial charge in [-0.05, 0) is 100 Å². The van der Waals surface area contributed by atoms with Crippen molar-refractivity contribution in [2.75, 3.05) is 4.90 Å². The molecule has 0 fully saturated rings. The van der Waals surface area contributed by atoms with E-state index in [1.807, 2.05) is 0 Å². The van der Waals surface area contributed by atoms with Crippen LogP contribution in [0.2, 0.25) is 0 Å². The maximum atomic E-state index is 6.42. The Morgan fingerprint density at radius 3 is 1.67 bits per heavy atom. The van der Waals surface area contributed by atoms with E-state index in [0.717, 1.165) is 61.2 Å². The van der Waals surface area contributed by atoms with E-state index < -0.39 is 0 Å². The van der Waals surface area contributed by atoms with E-state index >= 15 is 0 Å². The molecule has 0 aliphatic carbocycles. The Labute approximate surface area is 318 Å². The topological polar surface area (TPSA) is 21.3 Å². The molecule has 0 N–H and O–H groups in total. The van der Waals surface area contributed by atoms with Crippen molar-refractivity contribution in [3.05, 3.63) is 206 Å². The summed E-state index contributed by atoms with van der Waals surface area (Å²) in [5, 5.41) is 7.07. The first kappa shape index (κ1) is 31.2. The Balaban J connectivity index is 1.04. The summed E-state index contributed by atoms with van der Waals surface area (Å²) in [5.41, 5.74) is 13.3. The lowest BCUT2D eigenvalue weighted by atomic mass is 10.0. The molecule has 55 heavy (non-hydrogen) atoms. The van der Waals surface area contributed by atoms with Crippen LogP contribution in [0.25, 0.3) is 82.5 Å². The van der Waals surface area contributed by atoms with Crippen molar-refractivity contribution < 1.29 is 4.42 Å².